The number of aromatic nitrogens is 1. The van der Waals surface area contributed by atoms with E-state index in [0.717, 1.165) is 6.42 Å². The topological polar surface area (TPSA) is 68.5 Å². The maximum Gasteiger partial charge on any atom is 0.337 e. The molecule has 5 nitrogen and oxygen atoms in total. The Morgan fingerprint density at radius 2 is 2.33 bits per heavy atom. The summed E-state index contributed by atoms with van der Waals surface area (Å²) in [5.41, 5.74) is 0.112. The van der Waals surface area contributed by atoms with Crippen molar-refractivity contribution < 1.29 is 19.4 Å². The van der Waals surface area contributed by atoms with E-state index in [-0.39, 0.29) is 11.5 Å². The lowest BCUT2D eigenvalue weighted by Gasteiger charge is -2.07. The van der Waals surface area contributed by atoms with Gasteiger partial charge in [0.05, 0.1) is 5.56 Å². The molecule has 0 aromatic carbocycles. The maximum absolute atomic E-state index is 11.7. The van der Waals surface area contributed by atoms with Gasteiger partial charge in [-0.15, -0.1) is 0 Å². The van der Waals surface area contributed by atoms with E-state index < -0.39 is 12.1 Å². The van der Waals surface area contributed by atoms with E-state index in [1.165, 1.54) is 23.0 Å². The molecule has 0 aliphatic carbocycles. The molecular formula is C10H11NO4. The van der Waals surface area contributed by atoms with Gasteiger partial charge in [-0.25, -0.2) is 4.79 Å². The molecular weight excluding hydrogens is 198 g/mol. The Kier molecular flexibility index (Phi) is 2.55. The Hall–Kier alpha value is -1.62. The fraction of sp³-hybridized carbons (Fsp3) is 0.400. The van der Waals surface area contributed by atoms with E-state index in [1.54, 1.807) is 0 Å². The van der Waals surface area contributed by atoms with Gasteiger partial charge in [-0.1, -0.05) is 0 Å². The first kappa shape index (κ1) is 9.92. The van der Waals surface area contributed by atoms with Crippen molar-refractivity contribution in [1.82, 2.24) is 4.57 Å². The van der Waals surface area contributed by atoms with Crippen LogP contribution in [-0.2, 0) is 4.74 Å². The Balaban J connectivity index is 2.14. The van der Waals surface area contributed by atoms with E-state index >= 15 is 0 Å². The van der Waals surface area contributed by atoms with Gasteiger partial charge in [0, 0.05) is 19.0 Å². The van der Waals surface area contributed by atoms with E-state index in [9.17, 15) is 9.59 Å². The van der Waals surface area contributed by atoms with Crippen LogP contribution in [0.1, 0.15) is 28.0 Å². The molecule has 0 spiro atoms. The predicted molar refractivity (Wildman–Crippen MR) is 51.0 cm³/mol. The zero-order valence-corrected chi connectivity index (χ0v) is 8.05. The summed E-state index contributed by atoms with van der Waals surface area (Å²) in [5, 5.41) is 8.69. The van der Waals surface area contributed by atoms with Crippen LogP contribution >= 0.6 is 0 Å². The Morgan fingerprint density at radius 3 is 2.87 bits per heavy atom. The molecule has 0 radical (unpaired) electrons. The van der Waals surface area contributed by atoms with Crippen molar-refractivity contribution >= 4 is 11.9 Å². The number of carbonyl (C=O) groups is 2. The van der Waals surface area contributed by atoms with Crippen LogP contribution in [-0.4, -0.2) is 34.3 Å². The van der Waals surface area contributed by atoms with Crippen LogP contribution in [0, 0.1) is 0 Å². The quantitative estimate of drug-likeness (QED) is 0.789. The summed E-state index contributed by atoms with van der Waals surface area (Å²) in [6, 6.07) is 1.40. The molecule has 1 fully saturated rings. The molecule has 80 valence electrons. The molecule has 0 bridgehead atoms. The first-order valence-corrected chi connectivity index (χ1v) is 4.75. The molecule has 0 amide bonds. The van der Waals surface area contributed by atoms with Crippen LogP contribution in [0.3, 0.4) is 0 Å². The molecule has 2 rings (SSSR count). The standard InChI is InChI=1S/C10H11NO4/c12-9(8-2-1-5-15-8)11-4-3-7(6-11)10(13)14/h3-4,6,8H,1-2,5H2,(H,13,14). The fourth-order valence-electron chi connectivity index (χ4n) is 1.60. The molecule has 2 heterocycles. The normalized spacial score (nSPS) is 20.4. The van der Waals surface area contributed by atoms with Crippen molar-refractivity contribution in [2.45, 2.75) is 18.9 Å². The fourth-order valence-corrected chi connectivity index (χ4v) is 1.60. The second-order valence-electron chi connectivity index (χ2n) is 3.45. The number of ether oxygens (including phenoxy) is 1. The van der Waals surface area contributed by atoms with Crippen molar-refractivity contribution in [2.75, 3.05) is 6.61 Å². The monoisotopic (exact) mass is 209 g/mol. The van der Waals surface area contributed by atoms with Crippen LogP contribution in [0.5, 0.6) is 0 Å². The Labute approximate surface area is 86.3 Å². The smallest absolute Gasteiger partial charge is 0.337 e. The predicted octanol–water partition coefficient (Wildman–Crippen LogP) is 1.01. The van der Waals surface area contributed by atoms with Gasteiger partial charge in [-0.05, 0) is 18.9 Å². The highest BCUT2D eigenvalue weighted by Crippen LogP contribution is 2.14. The summed E-state index contributed by atoms with van der Waals surface area (Å²) in [6.07, 6.45) is 3.93. The molecule has 1 N–H and O–H groups in total. The van der Waals surface area contributed by atoms with Crippen molar-refractivity contribution in [3.8, 4) is 0 Å². The molecule has 0 saturated carbocycles. The highest BCUT2D eigenvalue weighted by Gasteiger charge is 2.25. The molecule has 1 aliphatic rings. The minimum Gasteiger partial charge on any atom is -0.478 e. The largest absolute Gasteiger partial charge is 0.478 e. The number of aromatic carboxylic acids is 1. The third-order valence-electron chi connectivity index (χ3n) is 2.40. The SMILES string of the molecule is O=C(O)c1ccn(C(=O)C2CCCO2)c1. The highest BCUT2D eigenvalue weighted by molar-refractivity contribution is 5.90. The first-order valence-electron chi connectivity index (χ1n) is 4.75. The maximum atomic E-state index is 11.7. The summed E-state index contributed by atoms with van der Waals surface area (Å²) < 4.78 is 6.50. The lowest BCUT2D eigenvalue weighted by molar-refractivity contribution is 0.0555. The minimum absolute atomic E-state index is 0.112. The van der Waals surface area contributed by atoms with Gasteiger partial charge in [-0.2, -0.15) is 0 Å². The number of hydrogen-bond acceptors (Lipinski definition) is 3. The molecule has 1 saturated heterocycles. The summed E-state index contributed by atoms with van der Waals surface area (Å²) in [6.45, 7) is 0.601. The lowest BCUT2D eigenvalue weighted by Crippen LogP contribution is -2.24. The zero-order chi connectivity index (χ0) is 10.8. The highest BCUT2D eigenvalue weighted by atomic mass is 16.5. The Morgan fingerprint density at radius 1 is 1.53 bits per heavy atom. The van der Waals surface area contributed by atoms with Crippen molar-refractivity contribution in [3.63, 3.8) is 0 Å². The van der Waals surface area contributed by atoms with Gasteiger partial charge in [0.2, 0.25) is 0 Å². The number of hydrogen-bond donors (Lipinski definition) is 1. The van der Waals surface area contributed by atoms with E-state index in [2.05, 4.69) is 0 Å². The molecule has 1 aliphatic heterocycles. The number of carboxylic acids is 1. The van der Waals surface area contributed by atoms with Crippen LogP contribution < -0.4 is 0 Å². The molecule has 5 heteroatoms. The van der Waals surface area contributed by atoms with Crippen molar-refractivity contribution in [1.29, 1.82) is 0 Å². The molecule has 1 unspecified atom stereocenters. The van der Waals surface area contributed by atoms with Crippen LogP contribution in [0.4, 0.5) is 0 Å². The number of carbonyl (C=O) groups excluding carboxylic acids is 1. The summed E-state index contributed by atoms with van der Waals surface area (Å²) in [4.78, 5) is 22.3. The Bertz CT molecular complexity index is 390. The lowest BCUT2D eigenvalue weighted by atomic mass is 10.2. The van der Waals surface area contributed by atoms with E-state index in [0.29, 0.717) is 13.0 Å². The average molecular weight is 209 g/mol. The van der Waals surface area contributed by atoms with E-state index in [1.807, 2.05) is 0 Å². The van der Waals surface area contributed by atoms with Gasteiger partial charge in [0.1, 0.15) is 6.10 Å². The third-order valence-corrected chi connectivity index (χ3v) is 2.40. The number of carboxylic acid groups (broad SMARTS) is 1. The van der Waals surface area contributed by atoms with Crippen LogP contribution in [0.2, 0.25) is 0 Å². The summed E-state index contributed by atoms with van der Waals surface area (Å²) in [5.74, 6) is -1.23. The molecule has 1 aromatic rings. The van der Waals surface area contributed by atoms with Gasteiger partial charge >= 0.3 is 5.97 Å². The van der Waals surface area contributed by atoms with Crippen molar-refractivity contribution in [3.05, 3.63) is 24.0 Å². The number of nitrogens with zero attached hydrogens (tertiary/aromatic N) is 1. The minimum atomic E-state index is -1.03. The third kappa shape index (κ3) is 1.92. The van der Waals surface area contributed by atoms with Crippen molar-refractivity contribution in [2.24, 2.45) is 0 Å². The molecule has 15 heavy (non-hydrogen) atoms. The van der Waals surface area contributed by atoms with Gasteiger partial charge < -0.3 is 9.84 Å². The van der Waals surface area contributed by atoms with Gasteiger partial charge in [0.25, 0.3) is 5.91 Å². The summed E-state index contributed by atoms with van der Waals surface area (Å²) in [7, 11) is 0. The van der Waals surface area contributed by atoms with E-state index in [4.69, 9.17) is 9.84 Å². The zero-order valence-electron chi connectivity index (χ0n) is 8.05. The first-order chi connectivity index (χ1) is 7.18. The average Bonchev–Trinajstić information content (AvgIpc) is 2.88. The second-order valence-corrected chi connectivity index (χ2v) is 3.45. The summed E-state index contributed by atoms with van der Waals surface area (Å²) >= 11 is 0. The van der Waals surface area contributed by atoms with Gasteiger partial charge in [-0.3, -0.25) is 9.36 Å². The van der Waals surface area contributed by atoms with Gasteiger partial charge in [0.15, 0.2) is 0 Å². The van der Waals surface area contributed by atoms with Crippen LogP contribution in [0.15, 0.2) is 18.5 Å². The number of rotatable bonds is 2. The molecule has 1 aromatic heterocycles. The molecule has 1 atom stereocenters. The second kappa shape index (κ2) is 3.86. The van der Waals surface area contributed by atoms with Crippen LogP contribution in [0.25, 0.3) is 0 Å².